The van der Waals surface area contributed by atoms with Gasteiger partial charge in [0, 0.05) is 30.0 Å². The Morgan fingerprint density at radius 3 is 2.90 bits per heavy atom. The van der Waals surface area contributed by atoms with Crippen LogP contribution in [-0.2, 0) is 11.3 Å². The standard InChI is InChI=1S/C14H20N4OS/c1-9-4-5-12(20-9)8-18-7-11(19-3)6-13(18)14-15-10(2)16-17-14/h4-5,11,13H,6-8H2,1-3H3,(H,15,16,17)/t11-,13-/m0/s1. The van der Waals surface area contributed by atoms with E-state index < -0.39 is 0 Å². The maximum absolute atomic E-state index is 5.54. The third-order valence-electron chi connectivity index (χ3n) is 3.77. The molecule has 1 aliphatic heterocycles. The summed E-state index contributed by atoms with van der Waals surface area (Å²) in [5.74, 6) is 1.75. The van der Waals surface area contributed by atoms with Gasteiger partial charge in [0.15, 0.2) is 5.82 Å². The first-order valence-corrected chi connectivity index (χ1v) is 7.68. The van der Waals surface area contributed by atoms with Gasteiger partial charge in [0.2, 0.25) is 0 Å². The summed E-state index contributed by atoms with van der Waals surface area (Å²) in [7, 11) is 1.78. The minimum atomic E-state index is 0.243. The average Bonchev–Trinajstić information content (AvgIpc) is 3.11. The molecule has 1 saturated heterocycles. The minimum absolute atomic E-state index is 0.243. The van der Waals surface area contributed by atoms with Crippen LogP contribution in [0.15, 0.2) is 12.1 Å². The number of H-pyrrole nitrogens is 1. The van der Waals surface area contributed by atoms with Crippen molar-refractivity contribution in [2.45, 2.75) is 39.0 Å². The SMILES string of the molecule is CO[C@H]1C[C@@H](c2n[nH]c(C)n2)N(Cc2ccc(C)s2)C1. The fourth-order valence-corrected chi connectivity index (χ4v) is 3.67. The Hall–Kier alpha value is -1.24. The Balaban J connectivity index is 1.79. The predicted octanol–water partition coefficient (Wildman–Crippen LogP) is 2.45. The molecule has 0 saturated carbocycles. The largest absolute Gasteiger partial charge is 0.380 e. The number of hydrogen-bond acceptors (Lipinski definition) is 5. The van der Waals surface area contributed by atoms with E-state index in [1.165, 1.54) is 9.75 Å². The van der Waals surface area contributed by atoms with Gasteiger partial charge in [-0.25, -0.2) is 4.98 Å². The van der Waals surface area contributed by atoms with E-state index in [1.54, 1.807) is 7.11 Å². The van der Waals surface area contributed by atoms with E-state index >= 15 is 0 Å². The molecular formula is C14H20N4OS. The number of thiophene rings is 1. The molecule has 3 heterocycles. The molecule has 5 nitrogen and oxygen atoms in total. The fourth-order valence-electron chi connectivity index (χ4n) is 2.75. The van der Waals surface area contributed by atoms with Gasteiger partial charge in [0.1, 0.15) is 5.82 Å². The van der Waals surface area contributed by atoms with Crippen LogP contribution in [0.4, 0.5) is 0 Å². The van der Waals surface area contributed by atoms with Crippen LogP contribution in [0.1, 0.15) is 33.9 Å². The Bertz CT molecular complexity index is 579. The first kappa shape index (κ1) is 13.7. The third kappa shape index (κ3) is 2.77. The van der Waals surface area contributed by atoms with Crippen LogP contribution in [0.5, 0.6) is 0 Å². The summed E-state index contributed by atoms with van der Waals surface area (Å²) >= 11 is 1.85. The van der Waals surface area contributed by atoms with E-state index in [1.807, 2.05) is 18.3 Å². The molecule has 2 atom stereocenters. The van der Waals surface area contributed by atoms with Gasteiger partial charge in [-0.3, -0.25) is 10.00 Å². The molecule has 0 unspecified atom stereocenters. The molecule has 20 heavy (non-hydrogen) atoms. The molecule has 2 aromatic heterocycles. The molecule has 6 heteroatoms. The lowest BCUT2D eigenvalue weighted by molar-refractivity contribution is 0.107. The zero-order valence-electron chi connectivity index (χ0n) is 12.1. The lowest BCUT2D eigenvalue weighted by atomic mass is 10.2. The van der Waals surface area contributed by atoms with E-state index in [0.29, 0.717) is 0 Å². The monoisotopic (exact) mass is 292 g/mol. The molecule has 0 spiro atoms. The summed E-state index contributed by atoms with van der Waals surface area (Å²) in [6, 6.07) is 4.63. The van der Waals surface area contributed by atoms with Crippen molar-refractivity contribution in [3.8, 4) is 0 Å². The number of aromatic amines is 1. The van der Waals surface area contributed by atoms with Gasteiger partial charge < -0.3 is 4.74 Å². The lowest BCUT2D eigenvalue weighted by Gasteiger charge is -2.20. The number of nitrogens with one attached hydrogen (secondary N) is 1. The highest BCUT2D eigenvalue weighted by Gasteiger charge is 2.35. The molecule has 0 aromatic carbocycles. The second-order valence-corrected chi connectivity index (χ2v) is 6.70. The average molecular weight is 292 g/mol. The Morgan fingerprint density at radius 2 is 2.30 bits per heavy atom. The number of hydrogen-bond donors (Lipinski definition) is 1. The van der Waals surface area contributed by atoms with Gasteiger partial charge in [-0.05, 0) is 32.4 Å². The third-order valence-corrected chi connectivity index (χ3v) is 4.75. The van der Waals surface area contributed by atoms with Crippen molar-refractivity contribution in [1.82, 2.24) is 20.1 Å². The van der Waals surface area contributed by atoms with Gasteiger partial charge >= 0.3 is 0 Å². The number of aryl methyl sites for hydroxylation is 2. The number of likely N-dealkylation sites (tertiary alicyclic amines) is 1. The maximum Gasteiger partial charge on any atom is 0.167 e. The van der Waals surface area contributed by atoms with Crippen LogP contribution in [-0.4, -0.2) is 39.8 Å². The highest BCUT2D eigenvalue weighted by atomic mass is 32.1. The zero-order chi connectivity index (χ0) is 14.1. The van der Waals surface area contributed by atoms with Gasteiger partial charge in [0.25, 0.3) is 0 Å². The van der Waals surface area contributed by atoms with Crippen molar-refractivity contribution in [1.29, 1.82) is 0 Å². The highest BCUT2D eigenvalue weighted by molar-refractivity contribution is 7.11. The van der Waals surface area contributed by atoms with Crippen LogP contribution in [0, 0.1) is 13.8 Å². The van der Waals surface area contributed by atoms with E-state index in [9.17, 15) is 0 Å². The van der Waals surface area contributed by atoms with Crippen molar-refractivity contribution < 1.29 is 4.74 Å². The van der Waals surface area contributed by atoms with Gasteiger partial charge in [0.05, 0.1) is 12.1 Å². The molecular weight excluding hydrogens is 272 g/mol. The number of methoxy groups -OCH3 is 1. The summed E-state index contributed by atoms with van der Waals surface area (Å²) in [5.41, 5.74) is 0. The van der Waals surface area contributed by atoms with Gasteiger partial charge in [-0.1, -0.05) is 0 Å². The first-order valence-electron chi connectivity index (χ1n) is 6.86. The van der Waals surface area contributed by atoms with Crippen molar-refractivity contribution in [2.24, 2.45) is 0 Å². The topological polar surface area (TPSA) is 54.0 Å². The number of rotatable bonds is 4. The Labute approximate surface area is 123 Å². The van der Waals surface area contributed by atoms with Crippen molar-refractivity contribution in [3.05, 3.63) is 33.5 Å². The molecule has 0 amide bonds. The summed E-state index contributed by atoms with van der Waals surface area (Å²) in [6.07, 6.45) is 1.22. The molecule has 0 radical (unpaired) electrons. The van der Waals surface area contributed by atoms with Crippen LogP contribution in [0.2, 0.25) is 0 Å². The summed E-state index contributed by atoms with van der Waals surface area (Å²) in [5, 5.41) is 7.27. The molecule has 0 bridgehead atoms. The van der Waals surface area contributed by atoms with Crippen molar-refractivity contribution in [2.75, 3.05) is 13.7 Å². The zero-order valence-corrected chi connectivity index (χ0v) is 12.9. The molecule has 2 aromatic rings. The highest BCUT2D eigenvalue weighted by Crippen LogP contribution is 2.33. The number of nitrogens with zero attached hydrogens (tertiary/aromatic N) is 3. The van der Waals surface area contributed by atoms with E-state index in [2.05, 4.69) is 39.1 Å². The number of aromatic nitrogens is 3. The van der Waals surface area contributed by atoms with Crippen LogP contribution >= 0.6 is 11.3 Å². The second kappa shape index (κ2) is 5.63. The molecule has 1 fully saturated rings. The van der Waals surface area contributed by atoms with Crippen LogP contribution in [0.25, 0.3) is 0 Å². The molecule has 3 rings (SSSR count). The predicted molar refractivity (Wildman–Crippen MR) is 78.7 cm³/mol. The summed E-state index contributed by atoms with van der Waals surface area (Å²) in [6.45, 7) is 5.96. The molecule has 1 N–H and O–H groups in total. The Morgan fingerprint density at radius 1 is 1.45 bits per heavy atom. The summed E-state index contributed by atoms with van der Waals surface area (Å²) < 4.78 is 5.54. The minimum Gasteiger partial charge on any atom is -0.380 e. The molecule has 1 aliphatic rings. The quantitative estimate of drug-likeness (QED) is 0.940. The van der Waals surface area contributed by atoms with Crippen LogP contribution in [0.3, 0.4) is 0 Å². The van der Waals surface area contributed by atoms with E-state index in [4.69, 9.17) is 4.74 Å². The lowest BCUT2D eigenvalue weighted by Crippen LogP contribution is -2.25. The normalized spacial score (nSPS) is 23.6. The van der Waals surface area contributed by atoms with E-state index in [-0.39, 0.29) is 12.1 Å². The first-order chi connectivity index (χ1) is 9.65. The van der Waals surface area contributed by atoms with Gasteiger partial charge in [-0.15, -0.1) is 11.3 Å². The summed E-state index contributed by atoms with van der Waals surface area (Å²) in [4.78, 5) is 9.66. The number of ether oxygens (including phenoxy) is 1. The van der Waals surface area contributed by atoms with Crippen molar-refractivity contribution in [3.63, 3.8) is 0 Å². The van der Waals surface area contributed by atoms with Gasteiger partial charge in [-0.2, -0.15) is 5.10 Å². The van der Waals surface area contributed by atoms with Crippen LogP contribution < -0.4 is 0 Å². The van der Waals surface area contributed by atoms with E-state index in [0.717, 1.165) is 31.2 Å². The Kier molecular flexibility index (Phi) is 3.87. The molecule has 0 aliphatic carbocycles. The fraction of sp³-hybridized carbons (Fsp3) is 0.571. The smallest absolute Gasteiger partial charge is 0.167 e. The second-order valence-electron chi connectivity index (χ2n) is 5.33. The van der Waals surface area contributed by atoms with Crippen molar-refractivity contribution >= 4 is 11.3 Å². The maximum atomic E-state index is 5.54. The molecule has 108 valence electrons.